The van der Waals surface area contributed by atoms with Crippen LogP contribution in [0.1, 0.15) is 5.56 Å². The molecule has 0 atom stereocenters. The number of benzene rings is 2. The van der Waals surface area contributed by atoms with Crippen LogP contribution in [-0.2, 0) is 10.0 Å². The lowest BCUT2D eigenvalue weighted by molar-refractivity contribution is 0.306. The van der Waals surface area contributed by atoms with Crippen LogP contribution in [0.2, 0.25) is 0 Å². The Labute approximate surface area is 196 Å². The Morgan fingerprint density at radius 2 is 1.82 bits per heavy atom. The summed E-state index contributed by atoms with van der Waals surface area (Å²) in [5.74, 6) is 1.95. The predicted octanol–water partition coefficient (Wildman–Crippen LogP) is 2.78. The maximum Gasteiger partial charge on any atom is 0.233 e. The van der Waals surface area contributed by atoms with Gasteiger partial charge in [-0.25, -0.2) is 13.1 Å². The van der Waals surface area contributed by atoms with Gasteiger partial charge < -0.3 is 14.2 Å². The zero-order chi connectivity index (χ0) is 24.0. The summed E-state index contributed by atoms with van der Waals surface area (Å²) < 4.78 is 44.7. The number of aromatic nitrogens is 4. The molecule has 0 amide bonds. The first kappa shape index (κ1) is 23.2. The van der Waals surface area contributed by atoms with Gasteiger partial charge in [-0.05, 0) is 35.9 Å². The van der Waals surface area contributed by atoms with Crippen molar-refractivity contribution in [1.29, 1.82) is 0 Å². The largest absolute Gasteiger partial charge is 0.497 e. The van der Waals surface area contributed by atoms with Gasteiger partial charge in [-0.3, -0.25) is 0 Å². The number of hydrogen-bond donors (Lipinski definition) is 1. The van der Waals surface area contributed by atoms with Gasteiger partial charge in [0, 0.05) is 18.0 Å². The second-order valence-corrected chi connectivity index (χ2v) is 8.68. The van der Waals surface area contributed by atoms with Crippen molar-refractivity contribution in [3.63, 3.8) is 0 Å². The van der Waals surface area contributed by atoms with Crippen molar-refractivity contribution in [2.75, 3.05) is 27.4 Å². The molecular weight excluding hydrogens is 458 g/mol. The smallest absolute Gasteiger partial charge is 0.233 e. The Hall–Kier alpha value is -3.96. The molecule has 0 fully saturated rings. The van der Waals surface area contributed by atoms with Crippen LogP contribution in [0.25, 0.3) is 23.1 Å². The quantitative estimate of drug-likeness (QED) is 0.344. The van der Waals surface area contributed by atoms with Gasteiger partial charge in [0.15, 0.2) is 11.5 Å². The highest BCUT2D eigenvalue weighted by Crippen LogP contribution is 2.32. The first-order valence-electron chi connectivity index (χ1n) is 10.3. The van der Waals surface area contributed by atoms with Gasteiger partial charge >= 0.3 is 0 Å². The van der Waals surface area contributed by atoms with Gasteiger partial charge in [-0.1, -0.05) is 30.3 Å². The second kappa shape index (κ2) is 10.3. The number of nitrogens with one attached hydrogen (secondary N) is 1. The molecule has 0 bridgehead atoms. The average molecular weight is 482 g/mol. The highest BCUT2D eigenvalue weighted by molar-refractivity contribution is 7.92. The first-order chi connectivity index (χ1) is 16.5. The van der Waals surface area contributed by atoms with Crippen molar-refractivity contribution in [3.05, 3.63) is 71.6 Å². The van der Waals surface area contributed by atoms with Crippen LogP contribution >= 0.6 is 0 Å². The minimum atomic E-state index is -3.60. The number of sulfonamides is 1. The standard InChI is InChI=1S/C23H23N5O5S/c1-31-18-8-9-20(32-2)19(16-18)23-26-25-21-10-11-22(27-28(21)23)33-14-13-24-34(29,30)15-12-17-6-4-3-5-7-17/h3-12,15-16,24H,13-14H2,1-2H3/b15-12+. The summed E-state index contributed by atoms with van der Waals surface area (Å²) in [5, 5.41) is 13.9. The van der Waals surface area contributed by atoms with Crippen molar-refractivity contribution in [1.82, 2.24) is 24.5 Å². The Bertz CT molecular complexity index is 1400. The van der Waals surface area contributed by atoms with E-state index in [1.807, 2.05) is 30.3 Å². The number of fused-ring (bicyclic) bond motifs is 1. The SMILES string of the molecule is COc1ccc(OC)c(-c2nnc3ccc(OCCNS(=O)(=O)/C=C/c4ccccc4)nn23)c1. The molecule has 34 heavy (non-hydrogen) atoms. The molecule has 2 heterocycles. The van der Waals surface area contributed by atoms with E-state index in [0.717, 1.165) is 11.0 Å². The topological polar surface area (TPSA) is 117 Å². The van der Waals surface area contributed by atoms with E-state index in [4.69, 9.17) is 14.2 Å². The predicted molar refractivity (Wildman–Crippen MR) is 127 cm³/mol. The molecule has 4 rings (SSSR count). The van der Waals surface area contributed by atoms with E-state index >= 15 is 0 Å². The Morgan fingerprint density at radius 1 is 1.00 bits per heavy atom. The third-order valence-electron chi connectivity index (χ3n) is 4.78. The molecule has 11 heteroatoms. The maximum absolute atomic E-state index is 12.2. The first-order valence-corrected chi connectivity index (χ1v) is 11.8. The fraction of sp³-hybridized carbons (Fsp3) is 0.174. The molecule has 2 aromatic carbocycles. The summed E-state index contributed by atoms with van der Waals surface area (Å²) in [4.78, 5) is 0. The van der Waals surface area contributed by atoms with Crippen molar-refractivity contribution in [3.8, 4) is 28.8 Å². The van der Waals surface area contributed by atoms with Gasteiger partial charge in [0.25, 0.3) is 0 Å². The summed E-state index contributed by atoms with van der Waals surface area (Å²) in [7, 11) is -0.464. The van der Waals surface area contributed by atoms with Gasteiger partial charge in [-0.2, -0.15) is 4.52 Å². The van der Waals surface area contributed by atoms with Crippen LogP contribution in [-0.4, -0.2) is 55.6 Å². The zero-order valence-corrected chi connectivity index (χ0v) is 19.4. The van der Waals surface area contributed by atoms with Gasteiger partial charge in [0.1, 0.15) is 18.1 Å². The maximum atomic E-state index is 12.2. The van der Waals surface area contributed by atoms with Crippen LogP contribution < -0.4 is 18.9 Å². The Balaban J connectivity index is 1.44. The average Bonchev–Trinajstić information content (AvgIpc) is 3.29. The molecule has 0 saturated heterocycles. The summed E-state index contributed by atoms with van der Waals surface area (Å²) in [6.45, 7) is 0.150. The number of nitrogens with zero attached hydrogens (tertiary/aromatic N) is 4. The van der Waals surface area contributed by atoms with Crippen molar-refractivity contribution in [2.45, 2.75) is 0 Å². The third-order valence-corrected chi connectivity index (χ3v) is 5.88. The van der Waals surface area contributed by atoms with E-state index < -0.39 is 10.0 Å². The minimum Gasteiger partial charge on any atom is -0.497 e. The van der Waals surface area contributed by atoms with Crippen molar-refractivity contribution < 1.29 is 22.6 Å². The van der Waals surface area contributed by atoms with Crippen molar-refractivity contribution in [2.24, 2.45) is 0 Å². The molecule has 2 aromatic heterocycles. The number of rotatable bonds is 10. The molecule has 4 aromatic rings. The minimum absolute atomic E-state index is 0.0694. The molecule has 0 aliphatic heterocycles. The normalized spacial score (nSPS) is 11.7. The second-order valence-electron chi connectivity index (χ2n) is 7.03. The highest BCUT2D eigenvalue weighted by Gasteiger charge is 2.16. The number of ether oxygens (including phenoxy) is 3. The van der Waals surface area contributed by atoms with Gasteiger partial charge in [0.05, 0.1) is 19.8 Å². The lowest BCUT2D eigenvalue weighted by atomic mass is 10.2. The molecule has 176 valence electrons. The summed E-state index contributed by atoms with van der Waals surface area (Å²) in [6, 6.07) is 17.8. The summed E-state index contributed by atoms with van der Waals surface area (Å²) in [6.07, 6.45) is 1.53. The molecule has 0 aliphatic carbocycles. The van der Waals surface area contributed by atoms with Crippen LogP contribution in [0.4, 0.5) is 0 Å². The molecule has 0 spiro atoms. The summed E-state index contributed by atoms with van der Waals surface area (Å²) >= 11 is 0. The fourth-order valence-electron chi connectivity index (χ4n) is 3.13. The van der Waals surface area contributed by atoms with Gasteiger partial charge in [0.2, 0.25) is 15.9 Å². The zero-order valence-electron chi connectivity index (χ0n) is 18.6. The van der Waals surface area contributed by atoms with E-state index in [1.54, 1.807) is 44.6 Å². The Morgan fingerprint density at radius 3 is 2.59 bits per heavy atom. The third kappa shape index (κ3) is 5.50. The van der Waals surface area contributed by atoms with Crippen LogP contribution in [0.3, 0.4) is 0 Å². The molecule has 0 aliphatic rings. The fourth-order valence-corrected chi connectivity index (χ4v) is 3.93. The lowest BCUT2D eigenvalue weighted by Crippen LogP contribution is -2.26. The molecule has 10 nitrogen and oxygen atoms in total. The molecular formula is C23H23N5O5S. The van der Waals surface area contributed by atoms with E-state index in [0.29, 0.717) is 28.5 Å². The molecule has 0 unspecified atom stereocenters. The van der Waals surface area contributed by atoms with Crippen LogP contribution in [0.15, 0.2) is 66.1 Å². The van der Waals surface area contributed by atoms with Gasteiger partial charge in [-0.15, -0.1) is 15.3 Å². The molecule has 0 saturated carbocycles. The van der Waals surface area contributed by atoms with E-state index in [9.17, 15) is 8.42 Å². The summed E-state index contributed by atoms with van der Waals surface area (Å²) in [5.41, 5.74) is 1.95. The number of methoxy groups -OCH3 is 2. The van der Waals surface area contributed by atoms with Crippen LogP contribution in [0.5, 0.6) is 17.4 Å². The van der Waals surface area contributed by atoms with Crippen LogP contribution in [0, 0.1) is 0 Å². The van der Waals surface area contributed by atoms with E-state index in [1.165, 1.54) is 10.6 Å². The van der Waals surface area contributed by atoms with E-state index in [2.05, 4.69) is 20.0 Å². The molecule has 0 radical (unpaired) electrons. The Kier molecular flexibility index (Phi) is 7.04. The van der Waals surface area contributed by atoms with E-state index in [-0.39, 0.29) is 19.0 Å². The van der Waals surface area contributed by atoms with Crippen molar-refractivity contribution >= 4 is 21.7 Å². The molecule has 1 N–H and O–H groups in total. The highest BCUT2D eigenvalue weighted by atomic mass is 32.2. The number of hydrogen-bond acceptors (Lipinski definition) is 8. The lowest BCUT2D eigenvalue weighted by Gasteiger charge is -2.10. The monoisotopic (exact) mass is 481 g/mol.